The fraction of sp³-hybridized carbons (Fsp3) is 0.394. The number of benzene rings is 3. The lowest BCUT2D eigenvalue weighted by atomic mass is 9.95. The zero-order valence-corrected chi connectivity index (χ0v) is 25.9. The molecular weight excluding hydrogens is 566 g/mol. The van der Waals surface area contributed by atoms with Crippen LogP contribution in [0.5, 0.6) is 11.5 Å². The highest BCUT2D eigenvalue weighted by Crippen LogP contribution is 2.26. The summed E-state index contributed by atoms with van der Waals surface area (Å²) in [6.07, 6.45) is 5.09. The van der Waals surface area contributed by atoms with Gasteiger partial charge in [-0.05, 0) is 80.8 Å². The number of nitrogens with one attached hydrogen (secondary N) is 1. The minimum Gasteiger partial charge on any atom is -0.497 e. The zero-order chi connectivity index (χ0) is 30.8. The molecular formula is C33H41N3O6S. The van der Waals surface area contributed by atoms with E-state index in [0.29, 0.717) is 23.8 Å². The average molecular weight is 608 g/mol. The van der Waals surface area contributed by atoms with Gasteiger partial charge in [-0.3, -0.25) is 13.9 Å². The summed E-state index contributed by atoms with van der Waals surface area (Å²) in [4.78, 5) is 29.0. The van der Waals surface area contributed by atoms with Crippen LogP contribution in [-0.2, 0) is 26.2 Å². The van der Waals surface area contributed by atoms with Gasteiger partial charge in [-0.1, -0.05) is 49.6 Å². The predicted molar refractivity (Wildman–Crippen MR) is 167 cm³/mol. The van der Waals surface area contributed by atoms with Crippen LogP contribution in [0.25, 0.3) is 0 Å². The quantitative estimate of drug-likeness (QED) is 0.288. The van der Waals surface area contributed by atoms with E-state index in [0.717, 1.165) is 42.0 Å². The van der Waals surface area contributed by atoms with Crippen molar-refractivity contribution in [2.45, 2.75) is 69.5 Å². The molecule has 2 amide bonds. The van der Waals surface area contributed by atoms with E-state index in [2.05, 4.69) is 5.32 Å². The number of hydrogen-bond donors (Lipinski definition) is 1. The Bertz CT molecular complexity index is 1440. The van der Waals surface area contributed by atoms with Gasteiger partial charge in [-0.15, -0.1) is 0 Å². The molecule has 1 atom stereocenters. The molecule has 43 heavy (non-hydrogen) atoms. The van der Waals surface area contributed by atoms with Gasteiger partial charge >= 0.3 is 0 Å². The van der Waals surface area contributed by atoms with E-state index < -0.39 is 28.5 Å². The predicted octanol–water partition coefficient (Wildman–Crippen LogP) is 5.16. The minimum absolute atomic E-state index is 0.0254. The molecule has 1 unspecified atom stereocenters. The van der Waals surface area contributed by atoms with Crippen LogP contribution in [0.3, 0.4) is 0 Å². The lowest BCUT2D eigenvalue weighted by molar-refractivity contribution is -0.139. The standard InChI is InChI=1S/C33H41N3O6S/c1-4-42-30-19-21-31(22-20-30)43(39,40)36(28-13-9-6-10-14-28)24-32(37)35(23-26-15-17-29(41-3)18-16-26)25(2)33(38)34-27-11-7-5-8-12-27/h6,9-10,13-22,25,27H,4-5,7-8,11-12,23-24H2,1-3H3,(H,34,38). The molecule has 0 spiro atoms. The van der Waals surface area contributed by atoms with Gasteiger partial charge in [0, 0.05) is 12.6 Å². The molecule has 230 valence electrons. The number of carbonyl (C=O) groups excluding carboxylic acids is 2. The summed E-state index contributed by atoms with van der Waals surface area (Å²) in [7, 11) is -2.58. The van der Waals surface area contributed by atoms with Gasteiger partial charge in [0.1, 0.15) is 24.1 Å². The van der Waals surface area contributed by atoms with Crippen LogP contribution < -0.4 is 19.1 Å². The molecule has 0 saturated heterocycles. The first-order chi connectivity index (χ1) is 20.7. The molecule has 0 aliphatic heterocycles. The fourth-order valence-electron chi connectivity index (χ4n) is 5.20. The number of para-hydroxylation sites is 1. The second-order valence-corrected chi connectivity index (χ2v) is 12.5. The van der Waals surface area contributed by atoms with Crippen molar-refractivity contribution < 1.29 is 27.5 Å². The molecule has 1 saturated carbocycles. The summed E-state index contributed by atoms with van der Waals surface area (Å²) in [5, 5.41) is 3.12. The summed E-state index contributed by atoms with van der Waals surface area (Å²) in [5.41, 5.74) is 1.13. The van der Waals surface area contributed by atoms with Gasteiger partial charge in [0.25, 0.3) is 10.0 Å². The van der Waals surface area contributed by atoms with Crippen molar-refractivity contribution in [3.8, 4) is 11.5 Å². The molecule has 0 aromatic heterocycles. The van der Waals surface area contributed by atoms with Gasteiger partial charge in [0.05, 0.1) is 24.3 Å². The third kappa shape index (κ3) is 8.28. The van der Waals surface area contributed by atoms with Crippen molar-refractivity contribution in [3.63, 3.8) is 0 Å². The number of anilines is 1. The lowest BCUT2D eigenvalue weighted by Gasteiger charge is -2.33. The molecule has 0 heterocycles. The maximum Gasteiger partial charge on any atom is 0.264 e. The Morgan fingerprint density at radius 2 is 1.53 bits per heavy atom. The van der Waals surface area contributed by atoms with Gasteiger partial charge in [-0.2, -0.15) is 0 Å². The molecule has 10 heteroatoms. The highest BCUT2D eigenvalue weighted by atomic mass is 32.2. The van der Waals surface area contributed by atoms with E-state index in [1.54, 1.807) is 68.6 Å². The van der Waals surface area contributed by atoms with Crippen LogP contribution in [-0.4, -0.2) is 57.5 Å². The molecule has 1 fully saturated rings. The van der Waals surface area contributed by atoms with Crippen molar-refractivity contribution in [3.05, 3.63) is 84.4 Å². The highest BCUT2D eigenvalue weighted by molar-refractivity contribution is 7.92. The second kappa shape index (κ2) is 14.9. The number of rotatable bonds is 13. The first-order valence-electron chi connectivity index (χ1n) is 14.8. The third-order valence-corrected chi connectivity index (χ3v) is 9.46. The summed E-state index contributed by atoms with van der Waals surface area (Å²) in [6, 6.07) is 21.1. The smallest absolute Gasteiger partial charge is 0.264 e. The third-order valence-electron chi connectivity index (χ3n) is 7.68. The van der Waals surface area contributed by atoms with E-state index in [4.69, 9.17) is 9.47 Å². The number of amides is 2. The number of sulfonamides is 1. The van der Waals surface area contributed by atoms with Crippen molar-refractivity contribution in [1.29, 1.82) is 0 Å². The van der Waals surface area contributed by atoms with Crippen molar-refractivity contribution in [2.24, 2.45) is 0 Å². The normalized spacial score (nSPS) is 14.4. The monoisotopic (exact) mass is 607 g/mol. The summed E-state index contributed by atoms with van der Waals surface area (Å²) >= 11 is 0. The number of ether oxygens (including phenoxy) is 2. The van der Waals surface area contributed by atoms with Crippen LogP contribution in [0.15, 0.2) is 83.8 Å². The zero-order valence-electron chi connectivity index (χ0n) is 25.1. The fourth-order valence-corrected chi connectivity index (χ4v) is 6.62. The highest BCUT2D eigenvalue weighted by Gasteiger charge is 2.33. The maximum absolute atomic E-state index is 14.1. The van der Waals surface area contributed by atoms with Crippen LogP contribution in [0.2, 0.25) is 0 Å². The first-order valence-corrected chi connectivity index (χ1v) is 16.2. The number of nitrogens with zero attached hydrogens (tertiary/aromatic N) is 2. The largest absolute Gasteiger partial charge is 0.497 e. The minimum atomic E-state index is -4.15. The molecule has 4 rings (SSSR count). The summed E-state index contributed by atoms with van der Waals surface area (Å²) in [6.45, 7) is 3.62. The van der Waals surface area contributed by atoms with Crippen LogP contribution in [0.1, 0.15) is 51.5 Å². The van der Waals surface area contributed by atoms with Crippen LogP contribution in [0.4, 0.5) is 5.69 Å². The molecule has 1 N–H and O–H groups in total. The average Bonchev–Trinajstić information content (AvgIpc) is 3.03. The molecule has 9 nitrogen and oxygen atoms in total. The van der Waals surface area contributed by atoms with Crippen LogP contribution in [0, 0.1) is 0 Å². The van der Waals surface area contributed by atoms with Crippen LogP contribution >= 0.6 is 0 Å². The van der Waals surface area contributed by atoms with E-state index in [-0.39, 0.29) is 23.4 Å². The Morgan fingerprint density at radius 1 is 0.907 bits per heavy atom. The van der Waals surface area contributed by atoms with Crippen molar-refractivity contribution >= 4 is 27.5 Å². The van der Waals surface area contributed by atoms with E-state index in [9.17, 15) is 18.0 Å². The summed E-state index contributed by atoms with van der Waals surface area (Å²) in [5.74, 6) is 0.462. The Kier molecular flexibility index (Phi) is 11.1. The van der Waals surface area contributed by atoms with Gasteiger partial charge in [-0.25, -0.2) is 8.42 Å². The van der Waals surface area contributed by atoms with Crippen molar-refractivity contribution in [2.75, 3.05) is 24.6 Å². The lowest BCUT2D eigenvalue weighted by Crippen LogP contribution is -2.53. The maximum atomic E-state index is 14.1. The molecule has 1 aliphatic rings. The van der Waals surface area contributed by atoms with Gasteiger partial charge < -0.3 is 19.7 Å². The Balaban J connectivity index is 1.64. The van der Waals surface area contributed by atoms with E-state index in [1.165, 1.54) is 17.0 Å². The van der Waals surface area contributed by atoms with Crippen molar-refractivity contribution in [1.82, 2.24) is 10.2 Å². The van der Waals surface area contributed by atoms with E-state index in [1.807, 2.05) is 19.1 Å². The molecule has 0 bridgehead atoms. The number of methoxy groups -OCH3 is 1. The number of hydrogen-bond acceptors (Lipinski definition) is 6. The topological polar surface area (TPSA) is 105 Å². The second-order valence-electron chi connectivity index (χ2n) is 10.6. The summed E-state index contributed by atoms with van der Waals surface area (Å²) < 4.78 is 39.8. The Morgan fingerprint density at radius 3 is 2.14 bits per heavy atom. The molecule has 0 radical (unpaired) electrons. The Labute approximate surface area is 254 Å². The molecule has 3 aromatic carbocycles. The van der Waals surface area contributed by atoms with Gasteiger partial charge in [0.2, 0.25) is 11.8 Å². The van der Waals surface area contributed by atoms with E-state index >= 15 is 0 Å². The Hall–Kier alpha value is -4.05. The molecule has 3 aromatic rings. The van der Waals surface area contributed by atoms with Gasteiger partial charge in [0.15, 0.2) is 0 Å². The molecule has 1 aliphatic carbocycles. The SMILES string of the molecule is CCOc1ccc(S(=O)(=O)N(CC(=O)N(Cc2ccc(OC)cc2)C(C)C(=O)NC2CCCCC2)c2ccccc2)cc1. The first kappa shape index (κ1) is 31.9. The number of carbonyl (C=O) groups is 2.